The summed E-state index contributed by atoms with van der Waals surface area (Å²) in [6.45, 7) is 14.2. The smallest absolute Gasteiger partial charge is 0.196 e. The van der Waals surface area contributed by atoms with Gasteiger partial charge in [-0.15, -0.1) is 0 Å². The standard InChI is InChI=1S/C22H32O3.C21H34O2.4CH4/c1-4-15(2)19-5-6-20(21(10-19)23-3)24-14-25-22-11-16-7-17(12-22)9-18(8-16)13-22;1-5-16(2)20-11-12-21(17(3)15-20)23-18(4)22-14-13-19-9-7-6-8-10-19;;;;/h5-6,10,15-18H,4,7-9,11-14H2,1-3H3;11-12,15-16,18-19H,5-10,13-14H2,1-4H3;4*1H4. The third kappa shape index (κ3) is 13.0. The van der Waals surface area contributed by atoms with Crippen molar-refractivity contribution in [1.29, 1.82) is 0 Å². The van der Waals surface area contributed by atoms with Gasteiger partial charge in [-0.2, -0.15) is 0 Å². The van der Waals surface area contributed by atoms with Crippen LogP contribution in [0.25, 0.3) is 0 Å². The van der Waals surface area contributed by atoms with Gasteiger partial charge in [0, 0.05) is 0 Å². The van der Waals surface area contributed by atoms with Gasteiger partial charge < -0.3 is 23.7 Å². The molecule has 0 spiro atoms. The van der Waals surface area contributed by atoms with Gasteiger partial charge in [0.05, 0.1) is 19.3 Å². The lowest BCUT2D eigenvalue weighted by atomic mass is 9.54. The highest BCUT2D eigenvalue weighted by Gasteiger charge is 2.51. The topological polar surface area (TPSA) is 46.2 Å². The lowest BCUT2D eigenvalue weighted by Gasteiger charge is -2.56. The molecule has 0 radical (unpaired) electrons. The fraction of sp³-hybridized carbons (Fsp3) is 0.745. The fourth-order valence-electron chi connectivity index (χ4n) is 9.21. The number of methoxy groups -OCH3 is 1. The minimum atomic E-state index is -0.174. The van der Waals surface area contributed by atoms with Gasteiger partial charge in [0.15, 0.2) is 24.6 Å². The Morgan fingerprint density at radius 2 is 1.25 bits per heavy atom. The molecule has 4 bridgehead atoms. The van der Waals surface area contributed by atoms with Crippen LogP contribution < -0.4 is 14.2 Å². The maximum absolute atomic E-state index is 6.37. The van der Waals surface area contributed by atoms with E-state index in [1.807, 2.05) is 13.0 Å². The van der Waals surface area contributed by atoms with E-state index >= 15 is 0 Å². The summed E-state index contributed by atoms with van der Waals surface area (Å²) in [4.78, 5) is 0. The van der Waals surface area contributed by atoms with E-state index in [2.05, 4.69) is 65.0 Å². The van der Waals surface area contributed by atoms with Crippen LogP contribution in [0.2, 0.25) is 0 Å². The highest BCUT2D eigenvalue weighted by Crippen LogP contribution is 2.57. The molecule has 3 atom stereocenters. The van der Waals surface area contributed by atoms with Crippen molar-refractivity contribution >= 4 is 0 Å². The average molecular weight is 727 g/mol. The Morgan fingerprint density at radius 3 is 1.77 bits per heavy atom. The number of ether oxygens (including phenoxy) is 5. The van der Waals surface area contributed by atoms with Crippen LogP contribution in [0, 0.1) is 30.6 Å². The highest BCUT2D eigenvalue weighted by molar-refractivity contribution is 5.44. The lowest BCUT2D eigenvalue weighted by Crippen LogP contribution is -2.52. The first kappa shape index (κ1) is 47.8. The molecule has 2 aromatic carbocycles. The zero-order chi connectivity index (χ0) is 34.1. The molecule has 300 valence electrons. The molecule has 52 heavy (non-hydrogen) atoms. The summed E-state index contributed by atoms with van der Waals surface area (Å²) in [5, 5.41) is 0. The van der Waals surface area contributed by atoms with Crippen molar-refractivity contribution in [3.05, 3.63) is 53.1 Å². The summed E-state index contributed by atoms with van der Waals surface area (Å²) < 4.78 is 29.8. The van der Waals surface area contributed by atoms with Crippen molar-refractivity contribution in [2.24, 2.45) is 23.7 Å². The first-order chi connectivity index (χ1) is 23.2. The molecule has 0 N–H and O–H groups in total. The molecule has 5 fully saturated rings. The molecule has 2 aromatic rings. The summed E-state index contributed by atoms with van der Waals surface area (Å²) in [6.07, 6.45) is 18.3. The molecule has 0 aliphatic heterocycles. The summed E-state index contributed by atoms with van der Waals surface area (Å²) in [5.41, 5.74) is 3.99. The van der Waals surface area contributed by atoms with Gasteiger partial charge in [-0.25, -0.2) is 0 Å². The minimum Gasteiger partial charge on any atom is -0.493 e. The Hall–Kier alpha value is -2.24. The van der Waals surface area contributed by atoms with Gasteiger partial charge in [0.1, 0.15) is 5.75 Å². The fourth-order valence-corrected chi connectivity index (χ4v) is 9.21. The lowest BCUT2D eigenvalue weighted by molar-refractivity contribution is -0.190. The van der Waals surface area contributed by atoms with E-state index in [1.54, 1.807) is 7.11 Å². The number of rotatable bonds is 15. The third-order valence-corrected chi connectivity index (χ3v) is 12.2. The SMILES string of the molecule is C.C.C.C.CCC(C)c1ccc(OC(C)OCCC2CCCCC2)c(C)c1.CCC(C)c1ccc(OCOC23CC4CC(CC(C4)C2)C3)c(OC)c1. The van der Waals surface area contributed by atoms with E-state index in [9.17, 15) is 0 Å². The van der Waals surface area contributed by atoms with E-state index < -0.39 is 0 Å². The van der Waals surface area contributed by atoms with Crippen LogP contribution in [-0.4, -0.2) is 32.4 Å². The van der Waals surface area contributed by atoms with Crippen molar-refractivity contribution in [3.63, 3.8) is 0 Å². The second-order valence-electron chi connectivity index (χ2n) is 15.9. The maximum atomic E-state index is 6.37. The normalized spacial score (nSPS) is 24.6. The Kier molecular flexibility index (Phi) is 21.0. The van der Waals surface area contributed by atoms with Crippen LogP contribution >= 0.6 is 0 Å². The zero-order valence-corrected chi connectivity index (χ0v) is 31.4. The predicted octanol–water partition coefficient (Wildman–Crippen LogP) is 14.3. The summed E-state index contributed by atoms with van der Waals surface area (Å²) in [5.74, 6) is 7.25. The Bertz CT molecular complexity index is 1230. The summed E-state index contributed by atoms with van der Waals surface area (Å²) in [6, 6.07) is 12.8. The van der Waals surface area contributed by atoms with Crippen LogP contribution in [0.3, 0.4) is 0 Å². The Morgan fingerprint density at radius 1 is 0.712 bits per heavy atom. The summed E-state index contributed by atoms with van der Waals surface area (Å²) in [7, 11) is 1.71. The van der Waals surface area contributed by atoms with Crippen LogP contribution in [0.15, 0.2) is 36.4 Å². The molecule has 5 nitrogen and oxygen atoms in total. The molecule has 5 saturated carbocycles. The van der Waals surface area contributed by atoms with Gasteiger partial charge in [-0.05, 0) is 142 Å². The molecule has 7 rings (SSSR count). The molecular weight excluding hydrogens is 645 g/mol. The van der Waals surface area contributed by atoms with Crippen molar-refractivity contribution in [2.75, 3.05) is 20.5 Å². The molecule has 0 aromatic heterocycles. The monoisotopic (exact) mass is 727 g/mol. The minimum absolute atomic E-state index is 0. The van der Waals surface area contributed by atoms with Gasteiger partial charge in [-0.3, -0.25) is 0 Å². The zero-order valence-electron chi connectivity index (χ0n) is 31.4. The predicted molar refractivity (Wildman–Crippen MR) is 223 cm³/mol. The molecule has 0 saturated heterocycles. The number of hydrogen-bond donors (Lipinski definition) is 0. The van der Waals surface area contributed by atoms with Crippen molar-refractivity contribution in [2.45, 2.75) is 185 Å². The van der Waals surface area contributed by atoms with E-state index in [0.717, 1.165) is 53.9 Å². The van der Waals surface area contributed by atoms with E-state index in [0.29, 0.717) is 18.6 Å². The van der Waals surface area contributed by atoms with Crippen LogP contribution in [-0.2, 0) is 9.47 Å². The van der Waals surface area contributed by atoms with Gasteiger partial charge in [0.2, 0.25) is 0 Å². The number of hydrogen-bond acceptors (Lipinski definition) is 5. The first-order valence-electron chi connectivity index (χ1n) is 19.5. The molecule has 0 amide bonds. The first-order valence-corrected chi connectivity index (χ1v) is 19.5. The average Bonchev–Trinajstić information content (AvgIpc) is 3.08. The van der Waals surface area contributed by atoms with Crippen molar-refractivity contribution in [1.82, 2.24) is 0 Å². The molecule has 0 heterocycles. The van der Waals surface area contributed by atoms with E-state index in [-0.39, 0.29) is 41.6 Å². The highest BCUT2D eigenvalue weighted by atomic mass is 16.7. The molecule has 3 unspecified atom stereocenters. The van der Waals surface area contributed by atoms with E-state index in [1.165, 1.54) is 100 Å². The van der Waals surface area contributed by atoms with Crippen LogP contribution in [0.1, 0.15) is 183 Å². The Balaban J connectivity index is 0.000000485. The number of benzene rings is 2. The van der Waals surface area contributed by atoms with Crippen molar-refractivity contribution in [3.8, 4) is 17.2 Å². The summed E-state index contributed by atoms with van der Waals surface area (Å²) >= 11 is 0. The molecule has 5 heteroatoms. The Labute approximate surface area is 322 Å². The number of aryl methyl sites for hydroxylation is 1. The van der Waals surface area contributed by atoms with Gasteiger partial charge >= 0.3 is 0 Å². The quantitative estimate of drug-likeness (QED) is 0.171. The molecule has 5 aliphatic rings. The maximum Gasteiger partial charge on any atom is 0.196 e. The van der Waals surface area contributed by atoms with Gasteiger partial charge in [0.25, 0.3) is 0 Å². The largest absolute Gasteiger partial charge is 0.493 e. The van der Waals surface area contributed by atoms with E-state index in [4.69, 9.17) is 23.7 Å². The van der Waals surface area contributed by atoms with Crippen LogP contribution in [0.4, 0.5) is 0 Å². The molecule has 5 aliphatic carbocycles. The van der Waals surface area contributed by atoms with Crippen molar-refractivity contribution < 1.29 is 23.7 Å². The van der Waals surface area contributed by atoms with Crippen LogP contribution in [0.5, 0.6) is 17.2 Å². The van der Waals surface area contributed by atoms with Gasteiger partial charge in [-0.1, -0.05) is 108 Å². The third-order valence-electron chi connectivity index (χ3n) is 12.2. The molecular formula is C47H82O5. The second-order valence-corrected chi connectivity index (χ2v) is 15.9. The second kappa shape index (κ2) is 22.9.